The lowest BCUT2D eigenvalue weighted by Gasteiger charge is -2.23. The number of hydrogen-bond donors (Lipinski definition) is 0. The first-order valence-corrected chi connectivity index (χ1v) is 9.64. The van der Waals surface area contributed by atoms with Gasteiger partial charge in [0.25, 0.3) is 5.75 Å². The molecule has 0 unspecified atom stereocenters. The van der Waals surface area contributed by atoms with Gasteiger partial charge in [0, 0.05) is 18.7 Å². The van der Waals surface area contributed by atoms with Gasteiger partial charge in [0.1, 0.15) is 16.0 Å². The molecule has 0 fully saturated rings. The molecule has 0 radical (unpaired) electrons. The Morgan fingerprint density at radius 2 is 1.73 bits per heavy atom. The summed E-state index contributed by atoms with van der Waals surface area (Å²) in [6, 6.07) is 11.3. The Kier molecular flexibility index (Phi) is 5.70. The number of hydrogen-bond acceptors (Lipinski definition) is 6. The van der Waals surface area contributed by atoms with Crippen LogP contribution in [-0.2, 0) is 25.8 Å². The molecule has 0 atom stereocenters. The van der Waals surface area contributed by atoms with E-state index in [2.05, 4.69) is 21.3 Å². The first-order valence-electron chi connectivity index (χ1n) is 8.41. The van der Waals surface area contributed by atoms with E-state index in [4.69, 9.17) is 4.74 Å². The molecule has 3 rings (SSSR count). The first-order chi connectivity index (χ1) is 12.4. The summed E-state index contributed by atoms with van der Waals surface area (Å²) in [6.07, 6.45) is 2.41. The Hall–Kier alpha value is -1.83. The highest BCUT2D eigenvalue weighted by molar-refractivity contribution is 5.42. The Morgan fingerprint density at radius 3 is 2.46 bits per heavy atom. The van der Waals surface area contributed by atoms with E-state index < -0.39 is 10.2 Å². The maximum absolute atomic E-state index is 11.0. The minimum Gasteiger partial charge on any atom is -0.497 e. The van der Waals surface area contributed by atoms with Crippen LogP contribution in [0.2, 0.25) is 0 Å². The second kappa shape index (κ2) is 7.82. The van der Waals surface area contributed by atoms with Crippen LogP contribution in [0.5, 0.6) is 11.5 Å². The van der Waals surface area contributed by atoms with Gasteiger partial charge < -0.3 is 9.64 Å². The summed E-state index contributed by atoms with van der Waals surface area (Å²) in [5.74, 6) is 0.959. The molecule has 26 heavy (non-hydrogen) atoms. The second-order valence-electron chi connectivity index (χ2n) is 6.47. The van der Waals surface area contributed by atoms with Crippen molar-refractivity contribution in [1.29, 1.82) is 0 Å². The largest absolute Gasteiger partial charge is 0.497 e. The van der Waals surface area contributed by atoms with Gasteiger partial charge in [0.05, 0.1) is 7.11 Å². The summed E-state index contributed by atoms with van der Waals surface area (Å²) in [4.78, 5) is 2.09. The van der Waals surface area contributed by atoms with Crippen LogP contribution in [0.1, 0.15) is 22.3 Å². The molecule has 140 valence electrons. The van der Waals surface area contributed by atoms with Gasteiger partial charge in [-0.05, 0) is 61.2 Å². The monoisotopic (exact) mass is 379 g/mol. The van der Waals surface area contributed by atoms with Crippen molar-refractivity contribution in [3.63, 3.8) is 0 Å². The third kappa shape index (κ3) is 4.66. The van der Waals surface area contributed by atoms with Gasteiger partial charge in [-0.25, -0.2) is 0 Å². The number of nitrogens with zero attached hydrogens (tertiary/aromatic N) is 1. The number of halogens is 1. The van der Waals surface area contributed by atoms with Crippen molar-refractivity contribution in [2.45, 2.75) is 25.8 Å². The molecule has 0 N–H and O–H groups in total. The van der Waals surface area contributed by atoms with Crippen LogP contribution in [0.15, 0.2) is 36.4 Å². The lowest BCUT2D eigenvalue weighted by molar-refractivity contribution is -1.91. The molecule has 0 bridgehead atoms. The van der Waals surface area contributed by atoms with E-state index in [-0.39, 0.29) is 5.75 Å². The van der Waals surface area contributed by atoms with Crippen LogP contribution in [0.25, 0.3) is 0 Å². The smallest absolute Gasteiger partial charge is 0.293 e. The zero-order valence-electron chi connectivity index (χ0n) is 14.9. The van der Waals surface area contributed by atoms with Crippen molar-refractivity contribution >= 4 is 0 Å². The molecule has 2 aromatic carbocycles. The molecule has 0 saturated heterocycles. The van der Waals surface area contributed by atoms with E-state index in [1.54, 1.807) is 13.2 Å². The van der Waals surface area contributed by atoms with Gasteiger partial charge in [-0.15, -0.1) is 0 Å². The fourth-order valence-corrected chi connectivity index (χ4v) is 3.68. The van der Waals surface area contributed by atoms with E-state index in [0.29, 0.717) is 6.54 Å². The Balaban J connectivity index is 1.95. The minimum absolute atomic E-state index is 0.113. The molecule has 0 aliphatic carbocycles. The van der Waals surface area contributed by atoms with Crippen molar-refractivity contribution in [1.82, 2.24) is 4.90 Å². The van der Waals surface area contributed by atoms with Crippen LogP contribution in [0, 0.1) is 10.2 Å². The third-order valence-electron chi connectivity index (χ3n) is 4.68. The predicted molar refractivity (Wildman–Crippen MR) is 87.5 cm³/mol. The van der Waals surface area contributed by atoms with Crippen molar-refractivity contribution < 1.29 is 33.2 Å². The van der Waals surface area contributed by atoms with Crippen LogP contribution in [0.3, 0.4) is 0 Å². The topological polar surface area (TPSA) is 90.9 Å². The molecule has 0 aromatic heterocycles. The van der Waals surface area contributed by atoms with E-state index in [1.165, 1.54) is 17.2 Å². The van der Waals surface area contributed by atoms with Gasteiger partial charge in [0.15, 0.2) is 0 Å². The van der Waals surface area contributed by atoms with Crippen molar-refractivity contribution in [2.75, 3.05) is 20.7 Å². The van der Waals surface area contributed by atoms with Crippen molar-refractivity contribution in [3.05, 3.63) is 58.7 Å². The summed E-state index contributed by atoms with van der Waals surface area (Å²) >= 11 is 0. The Labute approximate surface area is 155 Å². The maximum Gasteiger partial charge on any atom is 0.293 e. The number of fused-ring (bicyclic) bond motifs is 2. The molecule has 7 heteroatoms. The van der Waals surface area contributed by atoms with Crippen LogP contribution >= 0.6 is 0 Å². The molecule has 1 heterocycles. The van der Waals surface area contributed by atoms with E-state index >= 15 is 0 Å². The Bertz CT molecular complexity index is 775. The zero-order chi connectivity index (χ0) is 18.7. The summed E-state index contributed by atoms with van der Waals surface area (Å²) in [7, 11) is -0.890. The third-order valence-corrected chi connectivity index (χ3v) is 5.03. The molecule has 1 aliphatic heterocycles. The van der Waals surface area contributed by atoms with Gasteiger partial charge in [0.2, 0.25) is 0 Å². The molecule has 0 saturated carbocycles. The molecular weight excluding hydrogens is 358 g/mol. The highest BCUT2D eigenvalue weighted by Crippen LogP contribution is 2.29. The molecular formula is C19H22ClNO5. The number of rotatable bonds is 3. The number of aryl methyl sites for hydroxylation is 2. The number of methoxy groups -OCH3 is 1. The lowest BCUT2D eigenvalue weighted by atomic mass is 9.94. The highest BCUT2D eigenvalue weighted by atomic mass is 35.7. The first kappa shape index (κ1) is 18.9. The van der Waals surface area contributed by atoms with E-state index in [9.17, 15) is 14.0 Å². The molecule has 1 aliphatic rings. The van der Waals surface area contributed by atoms with Crippen LogP contribution in [0.4, 0.5) is 0 Å². The van der Waals surface area contributed by atoms with Gasteiger partial charge in [-0.2, -0.15) is 14.0 Å². The summed E-state index contributed by atoms with van der Waals surface area (Å²) in [6.45, 7) is 1.30. The van der Waals surface area contributed by atoms with E-state index in [0.717, 1.165) is 42.7 Å². The maximum atomic E-state index is 11.0. The van der Waals surface area contributed by atoms with E-state index in [1.807, 2.05) is 19.2 Å². The molecule has 2 aromatic rings. The highest BCUT2D eigenvalue weighted by Gasteiger charge is 2.25. The zero-order valence-corrected chi connectivity index (χ0v) is 15.6. The number of ether oxygens (including phenoxy) is 1. The quantitative estimate of drug-likeness (QED) is 0.730. The second-order valence-corrected chi connectivity index (χ2v) is 7.38. The molecule has 6 nitrogen and oxygen atoms in total. The predicted octanol–water partition coefficient (Wildman–Crippen LogP) is -0.256. The summed E-state index contributed by atoms with van der Waals surface area (Å²) in [5, 5.41) is 0. The molecule has 0 amide bonds. The SMILES string of the molecule is COc1ccc2c(c1)CCN(C)Cc1c(cccc1O[Cl+3]([O-])([O-])[O-])CC2. The minimum atomic E-state index is -4.52. The van der Waals surface area contributed by atoms with Crippen molar-refractivity contribution in [3.8, 4) is 11.5 Å². The number of likely N-dealkylation sites (N-methyl/N-ethyl adjacent to an activating group) is 1. The summed E-state index contributed by atoms with van der Waals surface area (Å²) < 4.78 is 43.1. The van der Waals surface area contributed by atoms with Crippen molar-refractivity contribution in [2.24, 2.45) is 0 Å². The fourth-order valence-electron chi connectivity index (χ4n) is 3.33. The number of benzene rings is 2. The average Bonchev–Trinajstić information content (AvgIpc) is 2.59. The normalized spacial score (nSPS) is 15.7. The van der Waals surface area contributed by atoms with Crippen LogP contribution in [-0.4, -0.2) is 25.6 Å². The average molecular weight is 380 g/mol. The van der Waals surface area contributed by atoms with Gasteiger partial charge in [-0.3, -0.25) is 0 Å². The lowest BCUT2D eigenvalue weighted by Crippen LogP contribution is -2.63. The van der Waals surface area contributed by atoms with Gasteiger partial charge >= 0.3 is 0 Å². The van der Waals surface area contributed by atoms with Gasteiger partial charge in [-0.1, -0.05) is 22.5 Å². The van der Waals surface area contributed by atoms with Crippen LogP contribution < -0.4 is 23.0 Å². The fraction of sp³-hybridized carbons (Fsp3) is 0.368. The molecule has 0 spiro atoms. The summed E-state index contributed by atoms with van der Waals surface area (Å²) in [5.41, 5.74) is 4.23. The Morgan fingerprint density at radius 1 is 0.962 bits per heavy atom. The standard InChI is InChI=1S/C19H22ClNO5/c1-21-11-10-16-12-17(25-2)9-8-14(16)6-7-15-4-3-5-19(18(15)13-21)26-20(22,23)24/h3-5,8-9,12H,6-7,10-11,13H2,1-2H3.